The number of hydrogen-bond donors (Lipinski definition) is 2. The summed E-state index contributed by atoms with van der Waals surface area (Å²) in [6, 6.07) is 2.08. The number of aryl methyl sites for hydroxylation is 2. The van der Waals surface area contributed by atoms with E-state index in [1.54, 1.807) is 0 Å². The number of rotatable bonds is 4. The molecular formula is C11H18N4. The molecule has 0 aromatic carbocycles. The van der Waals surface area contributed by atoms with Crippen LogP contribution in [0.25, 0.3) is 0 Å². The number of nitrogens with zero attached hydrogens (tertiary/aromatic N) is 2. The van der Waals surface area contributed by atoms with Gasteiger partial charge in [0.05, 0.1) is 17.4 Å². The summed E-state index contributed by atoms with van der Waals surface area (Å²) in [6.07, 6.45) is 0.808. The average Bonchev–Trinajstić information content (AvgIpc) is 2.18. The standard InChI is InChI=1S/C11H18N4/c1-7(2)5-11(13-12)10-6-8(3)14-15-9(10)4/h6,11,13H,1,5,12H2,2-4H3. The highest BCUT2D eigenvalue weighted by molar-refractivity contribution is 5.24. The third kappa shape index (κ3) is 3.11. The molecule has 0 aliphatic rings. The van der Waals surface area contributed by atoms with E-state index in [0.717, 1.165) is 28.9 Å². The highest BCUT2D eigenvalue weighted by atomic mass is 15.2. The van der Waals surface area contributed by atoms with Crippen LogP contribution in [-0.4, -0.2) is 10.2 Å². The van der Waals surface area contributed by atoms with Crippen molar-refractivity contribution in [2.24, 2.45) is 5.84 Å². The second kappa shape index (κ2) is 5.00. The molecule has 1 aromatic heterocycles. The molecule has 0 saturated heterocycles. The zero-order chi connectivity index (χ0) is 11.4. The lowest BCUT2D eigenvalue weighted by Crippen LogP contribution is -2.29. The van der Waals surface area contributed by atoms with Crippen LogP contribution in [0.15, 0.2) is 18.2 Å². The van der Waals surface area contributed by atoms with E-state index in [2.05, 4.69) is 22.2 Å². The van der Waals surface area contributed by atoms with E-state index in [4.69, 9.17) is 5.84 Å². The first-order valence-electron chi connectivity index (χ1n) is 4.96. The molecule has 1 heterocycles. The number of hydrogen-bond acceptors (Lipinski definition) is 4. The van der Waals surface area contributed by atoms with Gasteiger partial charge in [-0.15, -0.1) is 6.58 Å². The van der Waals surface area contributed by atoms with Crippen molar-refractivity contribution in [1.29, 1.82) is 0 Å². The third-order valence-corrected chi connectivity index (χ3v) is 2.27. The Bertz CT molecular complexity index is 360. The first-order valence-corrected chi connectivity index (χ1v) is 4.96. The largest absolute Gasteiger partial charge is 0.271 e. The van der Waals surface area contributed by atoms with Crippen molar-refractivity contribution in [3.63, 3.8) is 0 Å². The van der Waals surface area contributed by atoms with Gasteiger partial charge in [0.25, 0.3) is 0 Å². The minimum atomic E-state index is 0.0664. The highest BCUT2D eigenvalue weighted by Gasteiger charge is 2.13. The quantitative estimate of drug-likeness (QED) is 0.446. The molecular weight excluding hydrogens is 188 g/mol. The molecule has 0 radical (unpaired) electrons. The molecule has 82 valence electrons. The zero-order valence-electron chi connectivity index (χ0n) is 9.54. The van der Waals surface area contributed by atoms with E-state index in [1.165, 1.54) is 0 Å². The highest BCUT2D eigenvalue weighted by Crippen LogP contribution is 2.21. The zero-order valence-corrected chi connectivity index (χ0v) is 9.54. The molecule has 1 rings (SSSR count). The summed E-state index contributed by atoms with van der Waals surface area (Å²) in [5, 5.41) is 8.07. The van der Waals surface area contributed by atoms with Gasteiger partial charge in [-0.25, -0.2) is 0 Å². The number of nitrogens with one attached hydrogen (secondary N) is 1. The van der Waals surface area contributed by atoms with Crippen molar-refractivity contribution in [2.45, 2.75) is 33.2 Å². The Morgan fingerprint density at radius 1 is 1.53 bits per heavy atom. The minimum absolute atomic E-state index is 0.0664. The van der Waals surface area contributed by atoms with Gasteiger partial charge in [-0.1, -0.05) is 5.57 Å². The lowest BCUT2D eigenvalue weighted by atomic mass is 10.00. The Balaban J connectivity index is 3.00. The number of aromatic nitrogens is 2. The molecule has 4 nitrogen and oxygen atoms in total. The van der Waals surface area contributed by atoms with Gasteiger partial charge in [0, 0.05) is 0 Å². The second-order valence-corrected chi connectivity index (χ2v) is 3.91. The van der Waals surface area contributed by atoms with Crippen molar-refractivity contribution < 1.29 is 0 Å². The van der Waals surface area contributed by atoms with E-state index in [-0.39, 0.29) is 6.04 Å². The minimum Gasteiger partial charge on any atom is -0.271 e. The summed E-state index contributed by atoms with van der Waals surface area (Å²) < 4.78 is 0. The number of hydrazine groups is 1. The van der Waals surface area contributed by atoms with Crippen molar-refractivity contribution in [2.75, 3.05) is 0 Å². The molecule has 15 heavy (non-hydrogen) atoms. The molecule has 0 saturated carbocycles. The maximum atomic E-state index is 5.53. The maximum Gasteiger partial charge on any atom is 0.0648 e. The van der Waals surface area contributed by atoms with E-state index in [9.17, 15) is 0 Å². The van der Waals surface area contributed by atoms with Crippen LogP contribution < -0.4 is 11.3 Å². The van der Waals surface area contributed by atoms with Gasteiger partial charge >= 0.3 is 0 Å². The monoisotopic (exact) mass is 206 g/mol. The Labute approximate surface area is 90.6 Å². The first-order chi connectivity index (χ1) is 7.04. The van der Waals surface area contributed by atoms with Crippen LogP contribution in [0.2, 0.25) is 0 Å². The van der Waals surface area contributed by atoms with Crippen LogP contribution in [-0.2, 0) is 0 Å². The normalized spacial score (nSPS) is 12.5. The molecule has 1 aromatic rings. The fourth-order valence-corrected chi connectivity index (χ4v) is 1.53. The lowest BCUT2D eigenvalue weighted by Gasteiger charge is -2.17. The van der Waals surface area contributed by atoms with Crippen LogP contribution in [0.3, 0.4) is 0 Å². The topological polar surface area (TPSA) is 63.8 Å². The van der Waals surface area contributed by atoms with Crippen LogP contribution in [0, 0.1) is 13.8 Å². The summed E-state index contributed by atoms with van der Waals surface area (Å²) in [5.41, 5.74) is 6.78. The second-order valence-electron chi connectivity index (χ2n) is 3.91. The molecule has 1 atom stereocenters. The van der Waals surface area contributed by atoms with E-state index in [1.807, 2.05) is 26.8 Å². The molecule has 0 spiro atoms. The van der Waals surface area contributed by atoms with Crippen LogP contribution in [0.4, 0.5) is 0 Å². The smallest absolute Gasteiger partial charge is 0.0648 e. The van der Waals surface area contributed by atoms with Gasteiger partial charge in [0.2, 0.25) is 0 Å². The Hall–Kier alpha value is -1.26. The Kier molecular flexibility index (Phi) is 3.94. The summed E-state index contributed by atoms with van der Waals surface area (Å²) in [6.45, 7) is 9.73. The predicted molar refractivity (Wildman–Crippen MR) is 61.0 cm³/mol. The van der Waals surface area contributed by atoms with E-state index < -0.39 is 0 Å². The molecule has 0 aliphatic carbocycles. The van der Waals surface area contributed by atoms with Crippen molar-refractivity contribution in [3.05, 3.63) is 35.2 Å². The fraction of sp³-hybridized carbons (Fsp3) is 0.455. The summed E-state index contributed by atoms with van der Waals surface area (Å²) >= 11 is 0. The van der Waals surface area contributed by atoms with Gasteiger partial charge in [-0.2, -0.15) is 10.2 Å². The number of nitrogens with two attached hydrogens (primary N) is 1. The molecule has 0 bridgehead atoms. The Morgan fingerprint density at radius 2 is 2.20 bits per heavy atom. The van der Waals surface area contributed by atoms with Crippen LogP contribution >= 0.6 is 0 Å². The van der Waals surface area contributed by atoms with Gasteiger partial charge in [0.15, 0.2) is 0 Å². The summed E-state index contributed by atoms with van der Waals surface area (Å²) in [5.74, 6) is 5.53. The molecule has 0 fully saturated rings. The van der Waals surface area contributed by atoms with Crippen molar-refractivity contribution in [1.82, 2.24) is 15.6 Å². The maximum absolute atomic E-state index is 5.53. The summed E-state index contributed by atoms with van der Waals surface area (Å²) in [7, 11) is 0. The van der Waals surface area contributed by atoms with Gasteiger partial charge in [0.1, 0.15) is 0 Å². The molecule has 4 heteroatoms. The molecule has 1 unspecified atom stereocenters. The molecule has 0 amide bonds. The lowest BCUT2D eigenvalue weighted by molar-refractivity contribution is 0.542. The van der Waals surface area contributed by atoms with E-state index in [0.29, 0.717) is 0 Å². The van der Waals surface area contributed by atoms with Gasteiger partial charge in [-0.05, 0) is 38.8 Å². The van der Waals surface area contributed by atoms with Crippen molar-refractivity contribution >= 4 is 0 Å². The average molecular weight is 206 g/mol. The van der Waals surface area contributed by atoms with Crippen LogP contribution in [0.5, 0.6) is 0 Å². The van der Waals surface area contributed by atoms with E-state index >= 15 is 0 Å². The van der Waals surface area contributed by atoms with Gasteiger partial charge in [-0.3, -0.25) is 11.3 Å². The summed E-state index contributed by atoms with van der Waals surface area (Å²) in [4.78, 5) is 0. The van der Waals surface area contributed by atoms with Crippen LogP contribution in [0.1, 0.15) is 36.3 Å². The van der Waals surface area contributed by atoms with Gasteiger partial charge < -0.3 is 0 Å². The van der Waals surface area contributed by atoms with Crippen molar-refractivity contribution in [3.8, 4) is 0 Å². The first kappa shape index (κ1) is 11.8. The fourth-order valence-electron chi connectivity index (χ4n) is 1.53. The molecule has 3 N–H and O–H groups in total. The SMILES string of the molecule is C=C(C)CC(NN)c1cc(C)nnc1C. The predicted octanol–water partition coefficient (Wildman–Crippen LogP) is 1.56. The molecule has 0 aliphatic heterocycles. The Morgan fingerprint density at radius 3 is 2.73 bits per heavy atom. The third-order valence-electron chi connectivity index (χ3n) is 2.27.